The van der Waals surface area contributed by atoms with Crippen molar-refractivity contribution in [1.82, 2.24) is 4.98 Å². The van der Waals surface area contributed by atoms with Crippen LogP contribution in [0.25, 0.3) is 10.9 Å². The number of benzene rings is 1. The van der Waals surface area contributed by atoms with Gasteiger partial charge in [0, 0.05) is 16.0 Å². The van der Waals surface area contributed by atoms with E-state index in [2.05, 4.69) is 40.8 Å². The molecule has 3 nitrogen and oxygen atoms in total. The van der Waals surface area contributed by atoms with E-state index in [0.29, 0.717) is 6.04 Å². The van der Waals surface area contributed by atoms with E-state index in [1.807, 2.05) is 24.3 Å². The van der Waals surface area contributed by atoms with Crippen LogP contribution < -0.4 is 11.1 Å². The Hall–Kier alpha value is -2.07. The van der Waals surface area contributed by atoms with Gasteiger partial charge in [0.1, 0.15) is 5.82 Å². The fraction of sp³-hybridized carbons (Fsp3) is 0.188. The number of thiophene rings is 1. The lowest BCUT2D eigenvalue weighted by Gasteiger charge is -2.16. The van der Waals surface area contributed by atoms with Crippen LogP contribution in [0.3, 0.4) is 0 Å². The maximum atomic E-state index is 5.79. The molecule has 3 rings (SSSR count). The Bertz CT molecular complexity index is 707. The Morgan fingerprint density at radius 3 is 2.90 bits per heavy atom. The lowest BCUT2D eigenvalue weighted by Crippen LogP contribution is -2.09. The molecule has 1 aromatic carbocycles. The monoisotopic (exact) mass is 283 g/mol. The molecule has 0 aliphatic heterocycles. The predicted octanol–water partition coefficient (Wildman–Crippen LogP) is 4.44. The third-order valence-electron chi connectivity index (χ3n) is 3.33. The summed E-state index contributed by atoms with van der Waals surface area (Å²) in [6.07, 6.45) is 1.03. The summed E-state index contributed by atoms with van der Waals surface area (Å²) in [7, 11) is 0. The standard InChI is InChI=1S/C16H17N3S/c1-2-13(15-4-3-9-20-15)18-16-8-5-11-10-12(17)6-7-14(11)19-16/h3-10,13H,2,17H2,1H3,(H,18,19). The van der Waals surface area contributed by atoms with Crippen LogP contribution in [0.4, 0.5) is 11.5 Å². The summed E-state index contributed by atoms with van der Waals surface area (Å²) in [5.41, 5.74) is 7.52. The Morgan fingerprint density at radius 1 is 1.25 bits per heavy atom. The molecule has 0 aliphatic rings. The zero-order chi connectivity index (χ0) is 13.9. The van der Waals surface area contributed by atoms with Gasteiger partial charge in [-0.3, -0.25) is 0 Å². The Labute approximate surface area is 122 Å². The minimum Gasteiger partial charge on any atom is -0.399 e. The van der Waals surface area contributed by atoms with Crippen molar-refractivity contribution in [3.8, 4) is 0 Å². The molecule has 20 heavy (non-hydrogen) atoms. The molecule has 2 heterocycles. The van der Waals surface area contributed by atoms with E-state index in [-0.39, 0.29) is 0 Å². The molecular weight excluding hydrogens is 266 g/mol. The van der Waals surface area contributed by atoms with Gasteiger partial charge < -0.3 is 11.1 Å². The number of nitrogen functional groups attached to an aromatic ring is 1. The molecule has 0 bridgehead atoms. The molecule has 0 saturated heterocycles. The summed E-state index contributed by atoms with van der Waals surface area (Å²) in [5.74, 6) is 0.905. The van der Waals surface area contributed by atoms with Crippen LogP contribution in [0.2, 0.25) is 0 Å². The molecule has 0 amide bonds. The molecule has 0 aliphatic carbocycles. The van der Waals surface area contributed by atoms with E-state index >= 15 is 0 Å². The summed E-state index contributed by atoms with van der Waals surface area (Å²) in [6, 6.07) is 14.4. The second kappa shape index (κ2) is 5.51. The maximum Gasteiger partial charge on any atom is 0.127 e. The molecule has 102 valence electrons. The van der Waals surface area contributed by atoms with E-state index in [1.54, 1.807) is 11.3 Å². The normalized spacial score (nSPS) is 12.4. The lowest BCUT2D eigenvalue weighted by atomic mass is 10.1. The van der Waals surface area contributed by atoms with Gasteiger partial charge >= 0.3 is 0 Å². The topological polar surface area (TPSA) is 50.9 Å². The number of fused-ring (bicyclic) bond motifs is 1. The first-order chi connectivity index (χ1) is 9.76. The van der Waals surface area contributed by atoms with Gasteiger partial charge in [-0.05, 0) is 48.2 Å². The van der Waals surface area contributed by atoms with Crippen LogP contribution in [0.1, 0.15) is 24.3 Å². The number of pyridine rings is 1. The van der Waals surface area contributed by atoms with Crippen molar-refractivity contribution < 1.29 is 0 Å². The SMILES string of the molecule is CCC(Nc1ccc2cc(N)ccc2n1)c1cccs1. The molecule has 2 aromatic heterocycles. The minimum atomic E-state index is 0.314. The van der Waals surface area contributed by atoms with Crippen LogP contribution >= 0.6 is 11.3 Å². The fourth-order valence-electron chi connectivity index (χ4n) is 2.27. The van der Waals surface area contributed by atoms with Crippen molar-refractivity contribution in [2.24, 2.45) is 0 Å². The van der Waals surface area contributed by atoms with E-state index in [4.69, 9.17) is 5.73 Å². The van der Waals surface area contributed by atoms with E-state index < -0.39 is 0 Å². The molecule has 0 fully saturated rings. The van der Waals surface area contributed by atoms with Crippen molar-refractivity contribution in [3.63, 3.8) is 0 Å². The van der Waals surface area contributed by atoms with Crippen LogP contribution in [0.5, 0.6) is 0 Å². The minimum absolute atomic E-state index is 0.314. The van der Waals surface area contributed by atoms with Crippen LogP contribution in [-0.4, -0.2) is 4.98 Å². The van der Waals surface area contributed by atoms with Crippen molar-refractivity contribution in [3.05, 3.63) is 52.7 Å². The number of hydrogen-bond acceptors (Lipinski definition) is 4. The zero-order valence-corrected chi connectivity index (χ0v) is 12.2. The zero-order valence-electron chi connectivity index (χ0n) is 11.3. The highest BCUT2D eigenvalue weighted by molar-refractivity contribution is 7.10. The molecule has 0 spiro atoms. The van der Waals surface area contributed by atoms with Crippen molar-refractivity contribution >= 4 is 33.7 Å². The Morgan fingerprint density at radius 2 is 2.15 bits per heavy atom. The molecule has 0 radical (unpaired) electrons. The quantitative estimate of drug-likeness (QED) is 0.696. The summed E-state index contributed by atoms with van der Waals surface area (Å²) < 4.78 is 0. The fourth-order valence-corrected chi connectivity index (χ4v) is 3.13. The number of nitrogens with zero attached hydrogens (tertiary/aromatic N) is 1. The highest BCUT2D eigenvalue weighted by Gasteiger charge is 2.10. The van der Waals surface area contributed by atoms with E-state index in [1.165, 1.54) is 4.88 Å². The molecule has 1 atom stereocenters. The average molecular weight is 283 g/mol. The first-order valence-electron chi connectivity index (χ1n) is 6.72. The van der Waals surface area contributed by atoms with E-state index in [0.717, 1.165) is 28.8 Å². The van der Waals surface area contributed by atoms with Crippen LogP contribution in [-0.2, 0) is 0 Å². The van der Waals surface area contributed by atoms with Crippen LogP contribution in [0.15, 0.2) is 47.8 Å². The maximum absolute atomic E-state index is 5.79. The second-order valence-electron chi connectivity index (χ2n) is 4.77. The summed E-state index contributed by atoms with van der Waals surface area (Å²) in [6.45, 7) is 2.18. The highest BCUT2D eigenvalue weighted by atomic mass is 32.1. The Kier molecular flexibility index (Phi) is 3.56. The van der Waals surface area contributed by atoms with Gasteiger partial charge in [0.15, 0.2) is 0 Å². The number of nitrogens with one attached hydrogen (secondary N) is 1. The molecule has 1 unspecified atom stereocenters. The smallest absolute Gasteiger partial charge is 0.127 e. The third kappa shape index (κ3) is 2.60. The first kappa shape index (κ1) is 12.9. The van der Waals surface area contributed by atoms with Gasteiger partial charge in [-0.15, -0.1) is 11.3 Å². The molecular formula is C16H17N3S. The average Bonchev–Trinajstić information content (AvgIpc) is 2.99. The number of nitrogens with two attached hydrogens (primary N) is 1. The Balaban J connectivity index is 1.88. The van der Waals surface area contributed by atoms with E-state index in [9.17, 15) is 0 Å². The molecule has 3 aromatic rings. The predicted molar refractivity (Wildman–Crippen MR) is 87.1 cm³/mol. The summed E-state index contributed by atoms with van der Waals surface area (Å²) in [5, 5.41) is 6.68. The molecule has 3 N–H and O–H groups in total. The first-order valence-corrected chi connectivity index (χ1v) is 7.60. The summed E-state index contributed by atoms with van der Waals surface area (Å²) in [4.78, 5) is 5.99. The largest absolute Gasteiger partial charge is 0.399 e. The number of anilines is 2. The molecule has 0 saturated carbocycles. The van der Waals surface area contributed by atoms with Gasteiger partial charge in [-0.2, -0.15) is 0 Å². The summed E-state index contributed by atoms with van der Waals surface area (Å²) >= 11 is 1.77. The second-order valence-corrected chi connectivity index (χ2v) is 5.75. The van der Waals surface area contributed by atoms with Crippen molar-refractivity contribution in [1.29, 1.82) is 0 Å². The van der Waals surface area contributed by atoms with Crippen molar-refractivity contribution in [2.75, 3.05) is 11.1 Å². The number of hydrogen-bond donors (Lipinski definition) is 2. The highest BCUT2D eigenvalue weighted by Crippen LogP contribution is 2.26. The van der Waals surface area contributed by atoms with Crippen molar-refractivity contribution in [2.45, 2.75) is 19.4 Å². The third-order valence-corrected chi connectivity index (χ3v) is 4.32. The molecule has 4 heteroatoms. The number of aromatic nitrogens is 1. The van der Waals surface area contributed by atoms with Gasteiger partial charge in [0.25, 0.3) is 0 Å². The van der Waals surface area contributed by atoms with Gasteiger partial charge in [-0.25, -0.2) is 4.98 Å². The van der Waals surface area contributed by atoms with Gasteiger partial charge in [0.05, 0.1) is 11.6 Å². The lowest BCUT2D eigenvalue weighted by molar-refractivity contribution is 0.759. The number of rotatable bonds is 4. The van der Waals surface area contributed by atoms with Gasteiger partial charge in [-0.1, -0.05) is 13.0 Å². The van der Waals surface area contributed by atoms with Crippen LogP contribution in [0, 0.1) is 0 Å². The van der Waals surface area contributed by atoms with Gasteiger partial charge in [0.2, 0.25) is 0 Å².